The van der Waals surface area contributed by atoms with Crippen LogP contribution < -0.4 is 5.32 Å². The fourth-order valence-corrected chi connectivity index (χ4v) is 2.83. The molecule has 1 saturated carbocycles. The summed E-state index contributed by atoms with van der Waals surface area (Å²) in [5.74, 6) is 0.698. The van der Waals surface area contributed by atoms with Crippen molar-refractivity contribution in [1.82, 2.24) is 5.32 Å². The van der Waals surface area contributed by atoms with E-state index in [1.54, 1.807) is 7.11 Å². The van der Waals surface area contributed by atoms with Crippen LogP contribution in [0.1, 0.15) is 46.0 Å². The van der Waals surface area contributed by atoms with E-state index in [0.717, 1.165) is 12.8 Å². The van der Waals surface area contributed by atoms with Gasteiger partial charge in [-0.2, -0.15) is 0 Å². The molecule has 1 aliphatic rings. The number of esters is 1. The van der Waals surface area contributed by atoms with Crippen molar-refractivity contribution < 1.29 is 14.3 Å². The van der Waals surface area contributed by atoms with Gasteiger partial charge in [0.05, 0.1) is 13.7 Å². The van der Waals surface area contributed by atoms with Crippen molar-refractivity contribution in [2.75, 3.05) is 20.8 Å². The molecule has 1 rings (SSSR count). The number of hydrogen-bond donors (Lipinski definition) is 1. The van der Waals surface area contributed by atoms with Gasteiger partial charge in [0.25, 0.3) is 0 Å². The zero-order valence-electron chi connectivity index (χ0n) is 12.8. The summed E-state index contributed by atoms with van der Waals surface area (Å²) < 4.78 is 10.2. The van der Waals surface area contributed by atoms with Gasteiger partial charge in [-0.05, 0) is 24.7 Å². The summed E-state index contributed by atoms with van der Waals surface area (Å²) in [6.45, 7) is 4.91. The minimum atomic E-state index is -0.187. The molecule has 0 radical (unpaired) electrons. The molecule has 4 heteroatoms. The van der Waals surface area contributed by atoms with Gasteiger partial charge in [-0.25, -0.2) is 0 Å². The fraction of sp³-hybridized carbons (Fsp3) is 0.933. The van der Waals surface area contributed by atoms with Crippen LogP contribution in [-0.4, -0.2) is 38.9 Å². The quantitative estimate of drug-likeness (QED) is 0.722. The third kappa shape index (κ3) is 5.11. The Labute approximate surface area is 117 Å². The molecule has 0 bridgehead atoms. The highest BCUT2D eigenvalue weighted by Crippen LogP contribution is 2.27. The Balaban J connectivity index is 2.69. The number of methoxy groups -OCH3 is 2. The summed E-state index contributed by atoms with van der Waals surface area (Å²) in [6, 6.07) is 0.00359. The van der Waals surface area contributed by atoms with E-state index < -0.39 is 0 Å². The summed E-state index contributed by atoms with van der Waals surface area (Å²) in [7, 11) is 3.17. The highest BCUT2D eigenvalue weighted by molar-refractivity contribution is 5.76. The maximum atomic E-state index is 12.0. The van der Waals surface area contributed by atoms with Gasteiger partial charge in [-0.1, -0.05) is 33.1 Å². The van der Waals surface area contributed by atoms with Gasteiger partial charge >= 0.3 is 5.97 Å². The maximum absolute atomic E-state index is 12.0. The fourth-order valence-electron chi connectivity index (χ4n) is 2.83. The van der Waals surface area contributed by atoms with Gasteiger partial charge < -0.3 is 9.47 Å². The lowest BCUT2D eigenvalue weighted by atomic mass is 9.83. The predicted molar refractivity (Wildman–Crippen MR) is 76.0 cm³/mol. The summed E-state index contributed by atoms with van der Waals surface area (Å²) in [5, 5.41) is 3.48. The second-order valence-corrected chi connectivity index (χ2v) is 5.87. The largest absolute Gasteiger partial charge is 0.468 e. The van der Waals surface area contributed by atoms with Gasteiger partial charge in [0.2, 0.25) is 0 Å². The molecule has 1 fully saturated rings. The number of hydrogen-bond acceptors (Lipinski definition) is 4. The van der Waals surface area contributed by atoms with E-state index in [2.05, 4.69) is 19.2 Å². The van der Waals surface area contributed by atoms with Gasteiger partial charge in [-0.15, -0.1) is 0 Å². The number of rotatable bonds is 7. The summed E-state index contributed by atoms with van der Waals surface area (Å²) in [4.78, 5) is 12.0. The topological polar surface area (TPSA) is 47.6 Å². The molecule has 112 valence electrons. The third-order valence-corrected chi connectivity index (χ3v) is 4.12. The first-order valence-corrected chi connectivity index (χ1v) is 7.43. The van der Waals surface area contributed by atoms with Gasteiger partial charge in [-0.3, -0.25) is 10.1 Å². The Kier molecular flexibility index (Phi) is 7.39. The van der Waals surface area contributed by atoms with Crippen molar-refractivity contribution >= 4 is 5.97 Å². The number of ether oxygens (including phenoxy) is 2. The molecule has 1 N–H and O–H groups in total. The molecule has 0 aromatic carbocycles. The molecule has 19 heavy (non-hydrogen) atoms. The van der Waals surface area contributed by atoms with Crippen molar-refractivity contribution in [3.63, 3.8) is 0 Å². The first-order valence-electron chi connectivity index (χ1n) is 7.43. The molecule has 0 spiro atoms. The number of nitrogens with one attached hydrogen (secondary N) is 1. The van der Waals surface area contributed by atoms with Crippen LogP contribution in [0.2, 0.25) is 0 Å². The molecular formula is C15H29NO3. The molecular weight excluding hydrogens is 242 g/mol. The zero-order valence-corrected chi connectivity index (χ0v) is 12.8. The highest BCUT2D eigenvalue weighted by Gasteiger charge is 2.32. The second-order valence-electron chi connectivity index (χ2n) is 5.87. The Morgan fingerprint density at radius 3 is 2.32 bits per heavy atom. The van der Waals surface area contributed by atoms with Crippen LogP contribution in [0.3, 0.4) is 0 Å². The molecule has 0 amide bonds. The van der Waals surface area contributed by atoms with E-state index in [1.807, 2.05) is 0 Å². The summed E-state index contributed by atoms with van der Waals surface area (Å²) in [5.41, 5.74) is 0. The van der Waals surface area contributed by atoms with Crippen LogP contribution in [-0.2, 0) is 14.3 Å². The van der Waals surface area contributed by atoms with E-state index >= 15 is 0 Å². The molecule has 0 heterocycles. The first-order chi connectivity index (χ1) is 9.10. The van der Waals surface area contributed by atoms with E-state index in [4.69, 9.17) is 9.47 Å². The number of carbonyl (C=O) groups is 1. The average Bonchev–Trinajstić information content (AvgIpc) is 2.43. The summed E-state index contributed by atoms with van der Waals surface area (Å²) in [6.07, 6.45) is 5.96. The van der Waals surface area contributed by atoms with Crippen LogP contribution in [0.15, 0.2) is 0 Å². The van der Waals surface area contributed by atoms with Crippen LogP contribution >= 0.6 is 0 Å². The molecule has 0 aromatic heterocycles. The second kappa shape index (κ2) is 8.54. The molecule has 4 nitrogen and oxygen atoms in total. The van der Waals surface area contributed by atoms with E-state index in [-0.39, 0.29) is 18.1 Å². The Morgan fingerprint density at radius 2 is 1.84 bits per heavy atom. The normalized spacial score (nSPS) is 20.3. The van der Waals surface area contributed by atoms with Crippen molar-refractivity contribution in [3.8, 4) is 0 Å². The molecule has 0 aromatic rings. The lowest BCUT2D eigenvalue weighted by molar-refractivity contribution is -0.145. The lowest BCUT2D eigenvalue weighted by Crippen LogP contribution is -2.52. The zero-order chi connectivity index (χ0) is 14.3. The maximum Gasteiger partial charge on any atom is 0.323 e. The van der Waals surface area contributed by atoms with Gasteiger partial charge in [0.1, 0.15) is 6.04 Å². The smallest absolute Gasteiger partial charge is 0.323 e. The molecule has 0 unspecified atom stereocenters. The van der Waals surface area contributed by atoms with Crippen molar-refractivity contribution in [3.05, 3.63) is 0 Å². The van der Waals surface area contributed by atoms with Crippen molar-refractivity contribution in [2.24, 2.45) is 11.8 Å². The molecule has 1 aliphatic carbocycles. The van der Waals surface area contributed by atoms with Crippen LogP contribution in [0.4, 0.5) is 0 Å². The van der Waals surface area contributed by atoms with Gasteiger partial charge in [0, 0.05) is 13.2 Å². The minimum Gasteiger partial charge on any atom is -0.468 e. The van der Waals surface area contributed by atoms with E-state index in [1.165, 1.54) is 26.4 Å². The SMILES string of the molecule is COC[C@@H](N[C@@H](C(=O)OC)C1CCCCC1)C(C)C. The monoisotopic (exact) mass is 271 g/mol. The Morgan fingerprint density at radius 1 is 1.21 bits per heavy atom. The first kappa shape index (κ1) is 16.4. The van der Waals surface area contributed by atoms with E-state index in [9.17, 15) is 4.79 Å². The molecule has 0 aliphatic heterocycles. The predicted octanol–water partition coefficient (Wildman–Crippen LogP) is 2.37. The van der Waals surface area contributed by atoms with E-state index in [0.29, 0.717) is 18.4 Å². The van der Waals surface area contributed by atoms with Crippen molar-refractivity contribution in [2.45, 2.75) is 58.0 Å². The number of carbonyl (C=O) groups excluding carboxylic acids is 1. The standard InChI is InChI=1S/C15H29NO3/c1-11(2)13(10-18-3)16-14(15(17)19-4)12-8-6-5-7-9-12/h11-14,16H,5-10H2,1-4H3/t13-,14-/m1/s1. The van der Waals surface area contributed by atoms with Crippen LogP contribution in [0, 0.1) is 11.8 Å². The minimum absolute atomic E-state index is 0.131. The van der Waals surface area contributed by atoms with Gasteiger partial charge in [0.15, 0.2) is 0 Å². The van der Waals surface area contributed by atoms with Crippen LogP contribution in [0.5, 0.6) is 0 Å². The Bertz CT molecular complexity index is 262. The molecule has 0 saturated heterocycles. The Hall–Kier alpha value is -0.610. The van der Waals surface area contributed by atoms with Crippen molar-refractivity contribution in [1.29, 1.82) is 0 Å². The highest BCUT2D eigenvalue weighted by atomic mass is 16.5. The third-order valence-electron chi connectivity index (χ3n) is 4.12. The lowest BCUT2D eigenvalue weighted by Gasteiger charge is -2.33. The van der Waals surface area contributed by atoms with Crippen LogP contribution in [0.25, 0.3) is 0 Å². The molecule has 2 atom stereocenters. The summed E-state index contributed by atoms with van der Waals surface area (Å²) >= 11 is 0. The average molecular weight is 271 g/mol.